The van der Waals surface area contributed by atoms with E-state index in [9.17, 15) is 22.0 Å². The average molecular weight is 368 g/mol. The first kappa shape index (κ1) is 18.0. The predicted octanol–water partition coefficient (Wildman–Crippen LogP) is 3.82. The fourth-order valence-electron chi connectivity index (χ4n) is 2.90. The van der Waals surface area contributed by atoms with Crippen LogP contribution in [0.1, 0.15) is 18.4 Å². The maximum Gasteiger partial charge on any atom is 0.226 e. The third-order valence-corrected chi connectivity index (χ3v) is 4.27. The second-order valence-electron chi connectivity index (χ2n) is 5.94. The first-order valence-corrected chi connectivity index (χ1v) is 7.89. The molecule has 2 aromatic carbocycles. The lowest BCUT2D eigenvalue weighted by Gasteiger charge is -2.11. The van der Waals surface area contributed by atoms with Crippen molar-refractivity contribution in [2.24, 2.45) is 10.7 Å². The van der Waals surface area contributed by atoms with Gasteiger partial charge in [0.2, 0.25) is 41.1 Å². The van der Waals surface area contributed by atoms with Crippen LogP contribution < -0.4 is 5.73 Å². The monoisotopic (exact) mass is 368 g/mol. The van der Waals surface area contributed by atoms with E-state index in [4.69, 9.17) is 5.73 Å². The first-order chi connectivity index (χ1) is 12.4. The van der Waals surface area contributed by atoms with Crippen molar-refractivity contribution < 1.29 is 26.5 Å². The number of halogens is 5. The summed E-state index contributed by atoms with van der Waals surface area (Å²) in [6.45, 7) is 0. The van der Waals surface area contributed by atoms with Crippen molar-refractivity contribution in [3.05, 3.63) is 65.0 Å². The Bertz CT molecular complexity index is 864. The van der Waals surface area contributed by atoms with Crippen molar-refractivity contribution in [3.63, 3.8) is 0 Å². The molecule has 2 aromatic rings. The van der Waals surface area contributed by atoms with E-state index < -0.39 is 34.8 Å². The van der Waals surface area contributed by atoms with Crippen molar-refractivity contribution in [2.75, 3.05) is 0 Å². The van der Waals surface area contributed by atoms with Crippen molar-refractivity contribution in [2.45, 2.75) is 25.3 Å². The van der Waals surface area contributed by atoms with Gasteiger partial charge in [-0.1, -0.05) is 30.3 Å². The van der Waals surface area contributed by atoms with Crippen LogP contribution in [0.5, 0.6) is 0 Å². The molecule has 1 heterocycles. The normalized spacial score (nSPS) is 17.5. The summed E-state index contributed by atoms with van der Waals surface area (Å²) in [7, 11) is 0. The molecule has 0 saturated heterocycles. The van der Waals surface area contributed by atoms with E-state index in [1.807, 2.05) is 30.3 Å². The SMILES string of the molecule is NC1=[N+](C=Nc2c(F)c(F)c(F)c(F)c2F)C(Cc2ccccc2)CC1. The van der Waals surface area contributed by atoms with E-state index in [0.29, 0.717) is 25.1 Å². The molecule has 0 radical (unpaired) electrons. The number of hydrogen-bond acceptors (Lipinski definition) is 2. The number of benzene rings is 2. The zero-order valence-corrected chi connectivity index (χ0v) is 13.5. The third kappa shape index (κ3) is 3.31. The van der Waals surface area contributed by atoms with Crippen LogP contribution in [0.3, 0.4) is 0 Å². The number of nitrogens with two attached hydrogens (primary N) is 1. The Balaban J connectivity index is 1.91. The van der Waals surface area contributed by atoms with Gasteiger partial charge in [-0.15, -0.1) is 4.99 Å². The van der Waals surface area contributed by atoms with Crippen LogP contribution in [0.4, 0.5) is 27.6 Å². The molecule has 0 fully saturated rings. The Morgan fingerprint density at radius 3 is 2.15 bits per heavy atom. The zero-order valence-electron chi connectivity index (χ0n) is 13.5. The van der Waals surface area contributed by atoms with Gasteiger partial charge in [-0.2, -0.15) is 8.78 Å². The molecule has 0 saturated carbocycles. The highest BCUT2D eigenvalue weighted by atomic mass is 19.2. The molecular formula is C18H15F5N3+. The van der Waals surface area contributed by atoms with Crippen LogP contribution >= 0.6 is 0 Å². The number of aliphatic imine (C=N–C) groups is 1. The Labute approximate surface area is 146 Å². The molecule has 8 heteroatoms. The van der Waals surface area contributed by atoms with E-state index in [-0.39, 0.29) is 6.04 Å². The zero-order chi connectivity index (χ0) is 18.8. The van der Waals surface area contributed by atoms with Crippen LogP contribution in [-0.2, 0) is 6.42 Å². The highest BCUT2D eigenvalue weighted by molar-refractivity contribution is 5.80. The minimum Gasteiger partial charge on any atom is -0.322 e. The average Bonchev–Trinajstić information content (AvgIpc) is 2.99. The smallest absolute Gasteiger partial charge is 0.226 e. The standard InChI is InChI=1S/C18H14F5N3/c19-13-14(20)16(22)18(17(23)15(13)21)25-9-26-11(6-7-12(26)24)8-10-4-2-1-3-5-10/h1-5,9,11,24H,6-8H2/p+1. The summed E-state index contributed by atoms with van der Waals surface area (Å²) >= 11 is 0. The van der Waals surface area contributed by atoms with E-state index in [1.165, 1.54) is 4.58 Å². The fraction of sp³-hybridized carbons (Fsp3) is 0.222. The van der Waals surface area contributed by atoms with E-state index in [2.05, 4.69) is 4.99 Å². The molecule has 1 unspecified atom stereocenters. The molecule has 0 bridgehead atoms. The lowest BCUT2D eigenvalue weighted by Crippen LogP contribution is -2.29. The molecule has 0 amide bonds. The summed E-state index contributed by atoms with van der Waals surface area (Å²) in [6, 6.07) is 9.36. The van der Waals surface area contributed by atoms with Gasteiger partial charge >= 0.3 is 0 Å². The third-order valence-electron chi connectivity index (χ3n) is 4.27. The summed E-state index contributed by atoms with van der Waals surface area (Å²) in [5, 5.41) is 0. The Morgan fingerprint density at radius 2 is 1.54 bits per heavy atom. The maximum absolute atomic E-state index is 13.7. The molecule has 0 aromatic heterocycles. The van der Waals surface area contributed by atoms with Crippen LogP contribution in [0, 0.1) is 29.1 Å². The highest BCUT2D eigenvalue weighted by Crippen LogP contribution is 2.29. The largest absolute Gasteiger partial charge is 0.322 e. The van der Waals surface area contributed by atoms with Gasteiger partial charge in [0.1, 0.15) is 0 Å². The van der Waals surface area contributed by atoms with Crippen LogP contribution in [-0.4, -0.2) is 22.8 Å². The van der Waals surface area contributed by atoms with Gasteiger partial charge in [0.05, 0.1) is 6.04 Å². The van der Waals surface area contributed by atoms with Crippen molar-refractivity contribution in [3.8, 4) is 0 Å². The quantitative estimate of drug-likeness (QED) is 0.219. The van der Waals surface area contributed by atoms with E-state index in [1.54, 1.807) is 0 Å². The molecule has 1 aliphatic heterocycles. The van der Waals surface area contributed by atoms with E-state index >= 15 is 0 Å². The Kier molecular flexibility index (Phi) is 5.01. The molecule has 1 aliphatic rings. The topological polar surface area (TPSA) is 41.4 Å². The summed E-state index contributed by atoms with van der Waals surface area (Å²) in [5.41, 5.74) is 5.70. The number of nitrogens with zero attached hydrogens (tertiary/aromatic N) is 2. The summed E-state index contributed by atoms with van der Waals surface area (Å²) < 4.78 is 68.6. The van der Waals surface area contributed by atoms with Crippen LogP contribution in [0.15, 0.2) is 35.3 Å². The molecule has 136 valence electrons. The van der Waals surface area contributed by atoms with Crippen molar-refractivity contribution >= 4 is 17.9 Å². The molecule has 26 heavy (non-hydrogen) atoms. The first-order valence-electron chi connectivity index (χ1n) is 7.89. The summed E-state index contributed by atoms with van der Waals surface area (Å²) in [6.07, 6.45) is 2.85. The number of hydrogen-bond donors (Lipinski definition) is 1. The second kappa shape index (κ2) is 7.23. The van der Waals surface area contributed by atoms with Crippen LogP contribution in [0.25, 0.3) is 0 Å². The van der Waals surface area contributed by atoms with Gasteiger partial charge in [0.25, 0.3) is 0 Å². The Morgan fingerprint density at radius 1 is 0.962 bits per heavy atom. The Hall–Kier alpha value is -2.77. The molecule has 3 rings (SSSR count). The van der Waals surface area contributed by atoms with Gasteiger partial charge in [0.15, 0.2) is 5.84 Å². The van der Waals surface area contributed by atoms with Gasteiger partial charge in [0, 0.05) is 12.8 Å². The number of rotatable bonds is 4. The predicted molar refractivity (Wildman–Crippen MR) is 87.0 cm³/mol. The lowest BCUT2D eigenvalue weighted by molar-refractivity contribution is -0.436. The molecule has 3 nitrogen and oxygen atoms in total. The molecule has 0 spiro atoms. The molecular weight excluding hydrogens is 353 g/mol. The highest BCUT2D eigenvalue weighted by Gasteiger charge is 2.29. The molecule has 0 aliphatic carbocycles. The second-order valence-corrected chi connectivity index (χ2v) is 5.94. The van der Waals surface area contributed by atoms with Gasteiger partial charge < -0.3 is 5.73 Å². The molecule has 1 atom stereocenters. The van der Waals surface area contributed by atoms with Gasteiger partial charge in [-0.25, -0.2) is 17.7 Å². The van der Waals surface area contributed by atoms with Gasteiger partial charge in [-0.05, 0) is 12.0 Å². The minimum atomic E-state index is -2.21. The molecule has 2 N–H and O–H groups in total. The van der Waals surface area contributed by atoms with Crippen molar-refractivity contribution in [1.29, 1.82) is 0 Å². The fourth-order valence-corrected chi connectivity index (χ4v) is 2.90. The summed E-state index contributed by atoms with van der Waals surface area (Å²) in [4.78, 5) is 3.50. The van der Waals surface area contributed by atoms with E-state index in [0.717, 1.165) is 11.9 Å². The maximum atomic E-state index is 13.7. The number of amidine groups is 1. The van der Waals surface area contributed by atoms with Crippen molar-refractivity contribution in [1.82, 2.24) is 0 Å². The van der Waals surface area contributed by atoms with Crippen LogP contribution in [0.2, 0.25) is 0 Å². The summed E-state index contributed by atoms with van der Waals surface area (Å²) in [5.74, 6) is -9.82. The lowest BCUT2D eigenvalue weighted by atomic mass is 10.0. The minimum absolute atomic E-state index is 0.123. The van der Waals surface area contributed by atoms with Gasteiger partial charge in [-0.3, -0.25) is 0 Å².